The van der Waals surface area contributed by atoms with Gasteiger partial charge in [-0.15, -0.1) is 0 Å². The highest BCUT2D eigenvalue weighted by Crippen LogP contribution is 2.32. The van der Waals surface area contributed by atoms with E-state index in [4.69, 9.17) is 19.3 Å². The fraction of sp³-hybridized carbons (Fsp3) is 1.00. The van der Waals surface area contributed by atoms with Gasteiger partial charge < -0.3 is 50.0 Å². The highest BCUT2D eigenvalue weighted by molar-refractivity contribution is 5.02. The molecule has 0 aromatic heterocycles. The van der Waals surface area contributed by atoms with Gasteiger partial charge in [0.2, 0.25) is 0 Å². The zero-order chi connectivity index (χ0) is 18.1. The second kappa shape index (κ2) is 7.87. The van der Waals surface area contributed by atoms with Gasteiger partial charge in [-0.25, -0.2) is 0 Å². The summed E-state index contributed by atoms with van der Waals surface area (Å²) >= 11 is 0. The molecule has 2 heterocycles. The van der Waals surface area contributed by atoms with E-state index >= 15 is 0 Å². The number of ether oxygens (including phenoxy) is 3. The average molecular weight is 354 g/mol. The zero-order valence-corrected chi connectivity index (χ0v) is 13.3. The van der Waals surface area contributed by atoms with E-state index < -0.39 is 67.6 Å². The molecular formula is C14H26O10. The van der Waals surface area contributed by atoms with E-state index in [2.05, 4.69) is 0 Å². The van der Waals surface area contributed by atoms with Crippen LogP contribution in [0, 0.1) is 0 Å². The van der Waals surface area contributed by atoms with Crippen molar-refractivity contribution in [3.05, 3.63) is 0 Å². The van der Waals surface area contributed by atoms with Crippen LogP contribution in [0.1, 0.15) is 6.92 Å². The average Bonchev–Trinajstić information content (AvgIpc) is 2.82. The Hall–Kier alpha value is -0.400. The van der Waals surface area contributed by atoms with Gasteiger partial charge in [0, 0.05) is 0 Å². The van der Waals surface area contributed by atoms with Gasteiger partial charge in [0.1, 0.15) is 48.3 Å². The number of hydrogen-bond acceptors (Lipinski definition) is 10. The summed E-state index contributed by atoms with van der Waals surface area (Å²) in [6, 6.07) is 0. The fourth-order valence-electron chi connectivity index (χ4n) is 3.02. The SMILES string of the molecule is CC1O[C@H](COC[C@]2(CO)O[C@H](CO)[C@H](O)C2O)C(O)[C@H](O)[C@@H]1O. The largest absolute Gasteiger partial charge is 0.394 e. The van der Waals surface area contributed by atoms with E-state index in [0.29, 0.717) is 0 Å². The first-order chi connectivity index (χ1) is 11.3. The van der Waals surface area contributed by atoms with Crippen LogP contribution in [0.4, 0.5) is 0 Å². The van der Waals surface area contributed by atoms with E-state index in [1.54, 1.807) is 0 Å². The minimum absolute atomic E-state index is 0.201. The fourth-order valence-corrected chi connectivity index (χ4v) is 3.02. The van der Waals surface area contributed by atoms with Crippen LogP contribution < -0.4 is 0 Å². The molecule has 10 nitrogen and oxygen atoms in total. The molecule has 24 heavy (non-hydrogen) atoms. The molecule has 2 fully saturated rings. The number of rotatable bonds is 6. The summed E-state index contributed by atoms with van der Waals surface area (Å²) in [6.07, 6.45) is -9.51. The van der Waals surface area contributed by atoms with Crippen LogP contribution >= 0.6 is 0 Å². The van der Waals surface area contributed by atoms with E-state index in [-0.39, 0.29) is 13.2 Å². The van der Waals surface area contributed by atoms with Crippen LogP contribution in [0.15, 0.2) is 0 Å². The lowest BCUT2D eigenvalue weighted by atomic mass is 9.95. The van der Waals surface area contributed by atoms with Gasteiger partial charge in [-0.2, -0.15) is 0 Å². The second-order valence-corrected chi connectivity index (χ2v) is 6.36. The lowest BCUT2D eigenvalue weighted by Gasteiger charge is -2.39. The lowest BCUT2D eigenvalue weighted by Crippen LogP contribution is -2.58. The summed E-state index contributed by atoms with van der Waals surface area (Å²) in [5.74, 6) is 0. The van der Waals surface area contributed by atoms with Crippen molar-refractivity contribution in [2.45, 2.75) is 61.4 Å². The molecule has 0 amide bonds. The highest BCUT2D eigenvalue weighted by atomic mass is 16.6. The summed E-state index contributed by atoms with van der Waals surface area (Å²) in [7, 11) is 0. The predicted octanol–water partition coefficient (Wildman–Crippen LogP) is -4.28. The molecule has 0 radical (unpaired) electrons. The maximum absolute atomic E-state index is 10.0. The first-order valence-corrected chi connectivity index (χ1v) is 7.80. The van der Waals surface area contributed by atoms with Gasteiger partial charge >= 0.3 is 0 Å². The van der Waals surface area contributed by atoms with Gasteiger partial charge in [-0.1, -0.05) is 0 Å². The topological polar surface area (TPSA) is 169 Å². The van der Waals surface area contributed by atoms with Crippen LogP contribution in [-0.2, 0) is 14.2 Å². The molecule has 0 aromatic carbocycles. The molecule has 0 saturated carbocycles. The molecule has 10 heteroatoms. The molecule has 0 aromatic rings. The van der Waals surface area contributed by atoms with Gasteiger partial charge in [-0.3, -0.25) is 0 Å². The summed E-state index contributed by atoms with van der Waals surface area (Å²) < 4.78 is 16.0. The zero-order valence-electron chi connectivity index (χ0n) is 13.3. The number of aliphatic hydroxyl groups excluding tert-OH is 7. The van der Waals surface area contributed by atoms with Crippen LogP contribution in [0.2, 0.25) is 0 Å². The molecule has 2 aliphatic heterocycles. The molecule has 0 spiro atoms. The second-order valence-electron chi connectivity index (χ2n) is 6.36. The molecule has 9 atom stereocenters. The third-order valence-electron chi connectivity index (χ3n) is 4.66. The Bertz CT molecular complexity index is 409. The monoisotopic (exact) mass is 354 g/mol. The minimum atomic E-state index is -1.61. The number of hydrogen-bond donors (Lipinski definition) is 7. The Balaban J connectivity index is 1.93. The summed E-state index contributed by atoms with van der Waals surface area (Å²) in [6.45, 7) is -0.196. The minimum Gasteiger partial charge on any atom is -0.394 e. The van der Waals surface area contributed by atoms with Gasteiger partial charge in [-0.05, 0) is 6.92 Å². The van der Waals surface area contributed by atoms with Crippen molar-refractivity contribution in [2.75, 3.05) is 26.4 Å². The maximum atomic E-state index is 10.0. The van der Waals surface area contributed by atoms with E-state index in [1.807, 2.05) is 0 Å². The van der Waals surface area contributed by atoms with Crippen molar-refractivity contribution in [1.29, 1.82) is 0 Å². The molecule has 0 aliphatic carbocycles. The van der Waals surface area contributed by atoms with Crippen LogP contribution in [0.5, 0.6) is 0 Å². The first-order valence-electron chi connectivity index (χ1n) is 7.80. The maximum Gasteiger partial charge on any atom is 0.143 e. The third kappa shape index (κ3) is 3.58. The summed E-state index contributed by atoms with van der Waals surface area (Å²) in [5.41, 5.74) is -1.61. The molecule has 142 valence electrons. The molecule has 2 saturated heterocycles. The summed E-state index contributed by atoms with van der Waals surface area (Å²) in [5, 5.41) is 67.7. The molecular weight excluding hydrogens is 328 g/mol. The van der Waals surface area contributed by atoms with Crippen molar-refractivity contribution in [2.24, 2.45) is 0 Å². The standard InChI is InChI=1S/C14H26O10/c1-6-9(17)12(20)10(18)8(23-6)3-22-5-14(4-16)13(21)11(19)7(2-15)24-14/h6-13,15-21H,2-5H2,1H3/t6?,7-,8-,9-,10?,11+,12-,13?,14+/m1/s1. The lowest BCUT2D eigenvalue weighted by molar-refractivity contribution is -0.234. The van der Waals surface area contributed by atoms with Crippen molar-refractivity contribution < 1.29 is 50.0 Å². The van der Waals surface area contributed by atoms with Crippen molar-refractivity contribution in [3.8, 4) is 0 Å². The van der Waals surface area contributed by atoms with Gasteiger partial charge in [0.15, 0.2) is 0 Å². The summed E-state index contributed by atoms with van der Waals surface area (Å²) in [4.78, 5) is 0. The normalized spacial score (nSPS) is 49.5. The van der Waals surface area contributed by atoms with Crippen molar-refractivity contribution in [1.82, 2.24) is 0 Å². The van der Waals surface area contributed by atoms with Gasteiger partial charge in [0.05, 0.1) is 32.5 Å². The Kier molecular flexibility index (Phi) is 6.53. The van der Waals surface area contributed by atoms with E-state index in [0.717, 1.165) is 0 Å². The highest BCUT2D eigenvalue weighted by Gasteiger charge is 2.54. The predicted molar refractivity (Wildman–Crippen MR) is 77.0 cm³/mol. The first kappa shape index (κ1) is 19.9. The quantitative estimate of drug-likeness (QED) is 0.248. The molecule has 3 unspecified atom stereocenters. The Morgan fingerprint density at radius 1 is 0.917 bits per heavy atom. The Morgan fingerprint density at radius 2 is 1.58 bits per heavy atom. The van der Waals surface area contributed by atoms with E-state index in [9.17, 15) is 30.6 Å². The number of aliphatic hydroxyl groups is 7. The molecule has 7 N–H and O–H groups in total. The molecule has 2 rings (SSSR count). The van der Waals surface area contributed by atoms with Crippen LogP contribution in [0.3, 0.4) is 0 Å². The van der Waals surface area contributed by atoms with Crippen molar-refractivity contribution in [3.63, 3.8) is 0 Å². The molecule has 0 bridgehead atoms. The van der Waals surface area contributed by atoms with Crippen LogP contribution in [-0.4, -0.2) is 117 Å². The van der Waals surface area contributed by atoms with Crippen molar-refractivity contribution >= 4 is 0 Å². The van der Waals surface area contributed by atoms with Gasteiger partial charge in [0.25, 0.3) is 0 Å². The molecule has 2 aliphatic rings. The smallest absolute Gasteiger partial charge is 0.143 e. The third-order valence-corrected chi connectivity index (χ3v) is 4.66. The Labute approximate surface area is 138 Å². The Morgan fingerprint density at radius 3 is 2.12 bits per heavy atom. The van der Waals surface area contributed by atoms with E-state index in [1.165, 1.54) is 6.92 Å². The van der Waals surface area contributed by atoms with Crippen LogP contribution in [0.25, 0.3) is 0 Å².